The normalized spacial score (nSPS) is 19.0. The molecule has 2 amide bonds. The molecule has 1 fully saturated rings. The topological polar surface area (TPSA) is 60.9 Å². The Morgan fingerprint density at radius 2 is 1.77 bits per heavy atom. The quantitative estimate of drug-likeness (QED) is 0.750. The van der Waals surface area contributed by atoms with Gasteiger partial charge in [0.2, 0.25) is 5.91 Å². The van der Waals surface area contributed by atoms with E-state index in [2.05, 4.69) is 0 Å². The molecule has 4 rings (SSSR count). The molecule has 0 bridgehead atoms. The predicted octanol–water partition coefficient (Wildman–Crippen LogP) is 4.62. The Hall–Kier alpha value is -2.50. The minimum atomic E-state index is -0.449. The van der Waals surface area contributed by atoms with Gasteiger partial charge >= 0.3 is 0 Å². The van der Waals surface area contributed by atoms with E-state index in [1.165, 1.54) is 0 Å². The molecule has 1 unspecified atom stereocenters. The van der Waals surface area contributed by atoms with Crippen LogP contribution < -0.4 is 0 Å². The zero-order chi connectivity index (χ0) is 21.3. The van der Waals surface area contributed by atoms with Crippen molar-refractivity contribution < 1.29 is 14.7 Å². The van der Waals surface area contributed by atoms with Crippen molar-refractivity contribution in [3.63, 3.8) is 0 Å². The van der Waals surface area contributed by atoms with E-state index in [1.807, 2.05) is 23.1 Å². The molecule has 2 heterocycles. The molecule has 1 saturated heterocycles. The van der Waals surface area contributed by atoms with Gasteiger partial charge < -0.3 is 14.9 Å². The summed E-state index contributed by atoms with van der Waals surface area (Å²) in [7, 11) is 0. The van der Waals surface area contributed by atoms with Gasteiger partial charge in [0.05, 0.1) is 10.0 Å². The zero-order valence-electron chi connectivity index (χ0n) is 16.4. The molecular formula is C23H22Cl2N2O3. The number of benzene rings is 2. The summed E-state index contributed by atoms with van der Waals surface area (Å²) in [5, 5.41) is 10.2. The first kappa shape index (κ1) is 20.8. The van der Waals surface area contributed by atoms with Crippen molar-refractivity contribution in [1.29, 1.82) is 0 Å². The number of nitrogens with zero attached hydrogens (tertiary/aromatic N) is 2. The standard InChI is InChI=1S/C23H22Cl2N2O3/c24-19-8-5-17(14-20(19)25)22(29)27-11-1-2-21(27)23(30)26-12-9-16(10-13-26)15-3-6-18(28)7-4-15/h3-9,14,21,28H,1-2,10-13H2. The van der Waals surface area contributed by atoms with Gasteiger partial charge in [-0.05, 0) is 60.7 Å². The second-order valence-electron chi connectivity index (χ2n) is 7.60. The Kier molecular flexibility index (Phi) is 6.02. The number of phenolic OH excluding ortho intramolecular Hbond substituents is 1. The molecule has 2 aromatic rings. The highest BCUT2D eigenvalue weighted by Gasteiger charge is 2.37. The van der Waals surface area contributed by atoms with Crippen LogP contribution in [0.25, 0.3) is 5.57 Å². The molecule has 7 heteroatoms. The third-order valence-corrected chi connectivity index (χ3v) is 6.46. The minimum Gasteiger partial charge on any atom is -0.508 e. The van der Waals surface area contributed by atoms with E-state index in [-0.39, 0.29) is 17.6 Å². The lowest BCUT2D eigenvalue weighted by Crippen LogP contribution is -2.48. The molecule has 2 aromatic carbocycles. The van der Waals surface area contributed by atoms with Gasteiger partial charge in [0.1, 0.15) is 11.8 Å². The molecule has 156 valence electrons. The Labute approximate surface area is 185 Å². The smallest absolute Gasteiger partial charge is 0.254 e. The number of phenols is 1. The molecule has 0 radical (unpaired) electrons. The molecule has 0 spiro atoms. The number of aromatic hydroxyl groups is 1. The van der Waals surface area contributed by atoms with Gasteiger partial charge in [0.15, 0.2) is 0 Å². The van der Waals surface area contributed by atoms with Crippen LogP contribution in [0.15, 0.2) is 48.5 Å². The van der Waals surface area contributed by atoms with Gasteiger partial charge in [-0.15, -0.1) is 0 Å². The fraction of sp³-hybridized carbons (Fsp3) is 0.304. The van der Waals surface area contributed by atoms with E-state index in [0.717, 1.165) is 24.0 Å². The highest BCUT2D eigenvalue weighted by atomic mass is 35.5. The summed E-state index contributed by atoms with van der Waals surface area (Å²) in [6.45, 7) is 1.68. The van der Waals surface area contributed by atoms with Crippen LogP contribution in [0.3, 0.4) is 0 Å². The van der Waals surface area contributed by atoms with Crippen molar-refractivity contribution in [1.82, 2.24) is 9.80 Å². The van der Waals surface area contributed by atoms with Gasteiger partial charge in [0, 0.05) is 25.2 Å². The number of carbonyl (C=O) groups is 2. The van der Waals surface area contributed by atoms with Crippen molar-refractivity contribution in [3.05, 3.63) is 69.7 Å². The summed E-state index contributed by atoms with van der Waals surface area (Å²) >= 11 is 12.0. The Morgan fingerprint density at radius 3 is 2.43 bits per heavy atom. The summed E-state index contributed by atoms with van der Waals surface area (Å²) in [5.74, 6) is 0.0311. The van der Waals surface area contributed by atoms with Gasteiger partial charge in [-0.3, -0.25) is 9.59 Å². The molecule has 1 atom stereocenters. The van der Waals surface area contributed by atoms with Crippen molar-refractivity contribution >= 4 is 40.6 Å². The molecule has 2 aliphatic rings. The van der Waals surface area contributed by atoms with Crippen LogP contribution in [-0.2, 0) is 4.79 Å². The highest BCUT2D eigenvalue weighted by Crippen LogP contribution is 2.28. The van der Waals surface area contributed by atoms with Gasteiger partial charge in [0.25, 0.3) is 5.91 Å². The minimum absolute atomic E-state index is 0.0121. The third-order valence-electron chi connectivity index (χ3n) is 5.72. The fourth-order valence-electron chi connectivity index (χ4n) is 4.08. The number of amides is 2. The van der Waals surface area contributed by atoms with Crippen molar-refractivity contribution in [2.75, 3.05) is 19.6 Å². The Morgan fingerprint density at radius 1 is 1.00 bits per heavy atom. The summed E-state index contributed by atoms with van der Waals surface area (Å²) in [6, 6.07) is 11.4. The van der Waals surface area contributed by atoms with Crippen molar-refractivity contribution in [2.45, 2.75) is 25.3 Å². The van der Waals surface area contributed by atoms with E-state index in [1.54, 1.807) is 35.2 Å². The van der Waals surface area contributed by atoms with Crippen LogP contribution in [0, 0.1) is 0 Å². The highest BCUT2D eigenvalue weighted by molar-refractivity contribution is 6.42. The maximum atomic E-state index is 13.2. The van der Waals surface area contributed by atoms with Gasteiger partial charge in [-0.1, -0.05) is 41.4 Å². The second-order valence-corrected chi connectivity index (χ2v) is 8.41. The molecule has 0 aliphatic carbocycles. The molecule has 1 N–H and O–H groups in total. The molecule has 2 aliphatic heterocycles. The molecule has 0 saturated carbocycles. The predicted molar refractivity (Wildman–Crippen MR) is 118 cm³/mol. The number of likely N-dealkylation sites (tertiary alicyclic amines) is 1. The number of rotatable bonds is 3. The van der Waals surface area contributed by atoms with Crippen molar-refractivity contribution in [2.24, 2.45) is 0 Å². The number of halogens is 2. The van der Waals surface area contributed by atoms with E-state index in [9.17, 15) is 14.7 Å². The Bertz CT molecular complexity index is 1000. The van der Waals surface area contributed by atoms with Crippen LogP contribution >= 0.6 is 23.2 Å². The number of hydrogen-bond donors (Lipinski definition) is 1. The first-order chi connectivity index (χ1) is 14.4. The fourth-order valence-corrected chi connectivity index (χ4v) is 4.38. The van der Waals surface area contributed by atoms with Crippen LogP contribution in [0.5, 0.6) is 5.75 Å². The van der Waals surface area contributed by atoms with E-state index < -0.39 is 6.04 Å². The summed E-state index contributed by atoms with van der Waals surface area (Å²) < 4.78 is 0. The molecule has 5 nitrogen and oxygen atoms in total. The van der Waals surface area contributed by atoms with Crippen LogP contribution in [0.4, 0.5) is 0 Å². The summed E-state index contributed by atoms with van der Waals surface area (Å²) in [4.78, 5) is 29.6. The van der Waals surface area contributed by atoms with Gasteiger partial charge in [-0.25, -0.2) is 0 Å². The number of hydrogen-bond acceptors (Lipinski definition) is 3. The average Bonchev–Trinajstić information content (AvgIpc) is 3.25. The average molecular weight is 445 g/mol. The molecule has 0 aromatic heterocycles. The first-order valence-corrected chi connectivity index (χ1v) is 10.7. The van der Waals surface area contributed by atoms with E-state index in [0.29, 0.717) is 41.7 Å². The second kappa shape index (κ2) is 8.70. The Balaban J connectivity index is 1.45. The first-order valence-electron chi connectivity index (χ1n) is 9.97. The lowest BCUT2D eigenvalue weighted by Gasteiger charge is -2.32. The molecule has 30 heavy (non-hydrogen) atoms. The van der Waals surface area contributed by atoms with Crippen LogP contribution in [0.2, 0.25) is 10.0 Å². The summed E-state index contributed by atoms with van der Waals surface area (Å²) in [6.07, 6.45) is 4.25. The van der Waals surface area contributed by atoms with Crippen LogP contribution in [0.1, 0.15) is 35.2 Å². The van der Waals surface area contributed by atoms with Gasteiger partial charge in [-0.2, -0.15) is 0 Å². The van der Waals surface area contributed by atoms with Crippen molar-refractivity contribution in [3.8, 4) is 5.75 Å². The van der Waals surface area contributed by atoms with E-state index >= 15 is 0 Å². The lowest BCUT2D eigenvalue weighted by molar-refractivity contribution is -0.134. The summed E-state index contributed by atoms with van der Waals surface area (Å²) in [5.41, 5.74) is 2.66. The SMILES string of the molecule is O=C(C1CCCN1C(=O)c1ccc(Cl)c(Cl)c1)N1CC=C(c2ccc(O)cc2)CC1. The maximum Gasteiger partial charge on any atom is 0.254 e. The lowest BCUT2D eigenvalue weighted by atomic mass is 9.99. The monoisotopic (exact) mass is 444 g/mol. The zero-order valence-corrected chi connectivity index (χ0v) is 17.9. The largest absolute Gasteiger partial charge is 0.508 e. The number of carbonyl (C=O) groups excluding carboxylic acids is 2. The third kappa shape index (κ3) is 4.18. The molecular weight excluding hydrogens is 423 g/mol. The maximum absolute atomic E-state index is 13.2. The van der Waals surface area contributed by atoms with Crippen LogP contribution in [-0.4, -0.2) is 52.4 Å². The van der Waals surface area contributed by atoms with E-state index in [4.69, 9.17) is 23.2 Å².